The van der Waals surface area contributed by atoms with Crippen LogP contribution >= 0.6 is 0 Å². The predicted molar refractivity (Wildman–Crippen MR) is 32.3 cm³/mol. The van der Waals surface area contributed by atoms with E-state index in [1.54, 1.807) is 6.92 Å². The molecule has 0 aromatic rings. The van der Waals surface area contributed by atoms with Gasteiger partial charge in [0.05, 0.1) is 0 Å². The molecular formula is C4H11N3. The standard InChI is InChI=1S/C3H6N2.CH5N/c1-3(5)2-4;1-2/h2,4-5H,1H3;2H2,1H3. The zero-order chi connectivity index (χ0) is 6.28. The summed E-state index contributed by atoms with van der Waals surface area (Å²) >= 11 is 0. The van der Waals surface area contributed by atoms with Crippen molar-refractivity contribution in [1.82, 2.24) is 0 Å². The highest BCUT2D eigenvalue weighted by Gasteiger charge is 1.65. The third kappa shape index (κ3) is 34.2. The molecule has 0 bridgehead atoms. The summed E-state index contributed by atoms with van der Waals surface area (Å²) < 4.78 is 0. The van der Waals surface area contributed by atoms with Crippen LogP contribution in [0.15, 0.2) is 0 Å². The number of hydrogen-bond donors (Lipinski definition) is 3. The van der Waals surface area contributed by atoms with Gasteiger partial charge < -0.3 is 16.6 Å². The van der Waals surface area contributed by atoms with Crippen molar-refractivity contribution >= 4 is 11.9 Å². The lowest BCUT2D eigenvalue weighted by atomic mass is 10.5. The number of nitrogens with two attached hydrogens (primary N) is 1. The van der Waals surface area contributed by atoms with Gasteiger partial charge in [-0.3, -0.25) is 0 Å². The van der Waals surface area contributed by atoms with E-state index in [1.807, 2.05) is 0 Å². The van der Waals surface area contributed by atoms with Crippen molar-refractivity contribution in [3.8, 4) is 0 Å². The summed E-state index contributed by atoms with van der Waals surface area (Å²) in [5.41, 5.74) is 4.80. The SMILES string of the molecule is CC(=N)C=N.CN. The first-order valence-electron chi connectivity index (χ1n) is 1.90. The molecule has 0 aliphatic heterocycles. The third-order valence-electron chi connectivity index (χ3n) is 0.217. The van der Waals surface area contributed by atoms with Crippen molar-refractivity contribution < 1.29 is 0 Å². The van der Waals surface area contributed by atoms with Gasteiger partial charge in [-0.25, -0.2) is 0 Å². The van der Waals surface area contributed by atoms with Crippen LogP contribution in [0.5, 0.6) is 0 Å². The van der Waals surface area contributed by atoms with E-state index in [4.69, 9.17) is 10.8 Å². The van der Waals surface area contributed by atoms with Crippen LogP contribution in [0.4, 0.5) is 0 Å². The molecule has 0 spiro atoms. The summed E-state index contributed by atoms with van der Waals surface area (Å²) in [4.78, 5) is 0. The summed E-state index contributed by atoms with van der Waals surface area (Å²) in [6.07, 6.45) is 1.00. The molecule has 0 heterocycles. The van der Waals surface area contributed by atoms with Crippen molar-refractivity contribution in [2.45, 2.75) is 6.92 Å². The molecule has 3 nitrogen and oxygen atoms in total. The van der Waals surface area contributed by atoms with Gasteiger partial charge in [-0.15, -0.1) is 0 Å². The summed E-state index contributed by atoms with van der Waals surface area (Å²) in [7, 11) is 1.50. The second-order valence-electron chi connectivity index (χ2n) is 0.827. The Morgan fingerprint density at radius 1 is 1.57 bits per heavy atom. The Labute approximate surface area is 43.6 Å². The normalized spacial score (nSPS) is 5.57. The van der Waals surface area contributed by atoms with Crippen molar-refractivity contribution in [1.29, 1.82) is 10.8 Å². The maximum atomic E-state index is 6.50. The molecule has 0 aromatic heterocycles. The van der Waals surface area contributed by atoms with Crippen LogP contribution in [0.2, 0.25) is 0 Å². The van der Waals surface area contributed by atoms with Crippen LogP contribution < -0.4 is 5.73 Å². The molecule has 0 fully saturated rings. The first-order valence-corrected chi connectivity index (χ1v) is 1.90. The molecule has 0 unspecified atom stereocenters. The van der Waals surface area contributed by atoms with E-state index in [-0.39, 0.29) is 0 Å². The zero-order valence-corrected chi connectivity index (χ0v) is 4.65. The molecule has 3 heteroatoms. The van der Waals surface area contributed by atoms with Gasteiger partial charge in [-0.05, 0) is 14.0 Å². The highest BCUT2D eigenvalue weighted by Crippen LogP contribution is 1.51. The average molecular weight is 101 g/mol. The first-order chi connectivity index (χ1) is 3.27. The third-order valence-corrected chi connectivity index (χ3v) is 0.217. The van der Waals surface area contributed by atoms with Crippen LogP contribution in [0.3, 0.4) is 0 Å². The van der Waals surface area contributed by atoms with Gasteiger partial charge in [-0.1, -0.05) is 0 Å². The quantitative estimate of drug-likeness (QED) is 0.407. The van der Waals surface area contributed by atoms with E-state index >= 15 is 0 Å². The molecule has 0 saturated heterocycles. The lowest BCUT2D eigenvalue weighted by Gasteiger charge is -1.67. The van der Waals surface area contributed by atoms with Gasteiger partial charge >= 0.3 is 0 Å². The van der Waals surface area contributed by atoms with Crippen LogP contribution in [0.1, 0.15) is 6.92 Å². The fourth-order valence-electron chi connectivity index (χ4n) is 0. The number of rotatable bonds is 1. The Bertz CT molecular complexity index is 58.0. The Kier molecular flexibility index (Phi) is 12.3. The van der Waals surface area contributed by atoms with Gasteiger partial charge in [0.1, 0.15) is 0 Å². The minimum absolute atomic E-state index is 0.296. The Balaban J connectivity index is 0. The molecule has 0 aliphatic rings. The predicted octanol–water partition coefficient (Wildman–Crippen LogP) is 0.251. The Morgan fingerprint density at radius 3 is 1.71 bits per heavy atom. The minimum Gasteiger partial charge on any atom is -0.333 e. The van der Waals surface area contributed by atoms with E-state index < -0.39 is 0 Å². The maximum absolute atomic E-state index is 6.50. The van der Waals surface area contributed by atoms with Crippen LogP contribution in [-0.4, -0.2) is 19.0 Å². The monoisotopic (exact) mass is 101 g/mol. The average Bonchev–Trinajstić information content (AvgIpc) is 1.73. The smallest absolute Gasteiger partial charge is 0.0458 e. The second-order valence-corrected chi connectivity index (χ2v) is 0.827. The van der Waals surface area contributed by atoms with Gasteiger partial charge in [0.25, 0.3) is 0 Å². The van der Waals surface area contributed by atoms with Crippen molar-refractivity contribution in [2.75, 3.05) is 7.05 Å². The molecule has 0 rings (SSSR count). The van der Waals surface area contributed by atoms with Crippen molar-refractivity contribution in [2.24, 2.45) is 5.73 Å². The van der Waals surface area contributed by atoms with E-state index in [0.717, 1.165) is 6.21 Å². The van der Waals surface area contributed by atoms with Crippen molar-refractivity contribution in [3.05, 3.63) is 0 Å². The molecule has 0 aliphatic carbocycles. The van der Waals surface area contributed by atoms with Crippen molar-refractivity contribution in [3.63, 3.8) is 0 Å². The number of nitrogens with one attached hydrogen (secondary N) is 2. The molecule has 7 heavy (non-hydrogen) atoms. The highest BCUT2D eigenvalue weighted by atomic mass is 14.4. The minimum atomic E-state index is 0.296. The second kappa shape index (κ2) is 9.00. The summed E-state index contributed by atoms with van der Waals surface area (Å²) in [5, 5.41) is 12.8. The first kappa shape index (κ1) is 9.57. The topological polar surface area (TPSA) is 73.7 Å². The van der Waals surface area contributed by atoms with E-state index in [9.17, 15) is 0 Å². The summed E-state index contributed by atoms with van der Waals surface area (Å²) in [6, 6.07) is 0. The molecule has 0 saturated carbocycles. The van der Waals surface area contributed by atoms with E-state index in [2.05, 4.69) is 5.73 Å². The molecule has 4 N–H and O–H groups in total. The van der Waals surface area contributed by atoms with E-state index in [1.165, 1.54) is 7.05 Å². The van der Waals surface area contributed by atoms with Crippen LogP contribution in [0, 0.1) is 10.8 Å². The molecular weight excluding hydrogens is 90.1 g/mol. The Hall–Kier alpha value is -0.700. The lowest BCUT2D eigenvalue weighted by Crippen LogP contribution is -1.82. The number of hydrogen-bond acceptors (Lipinski definition) is 3. The van der Waals surface area contributed by atoms with Crippen LogP contribution in [0.25, 0.3) is 0 Å². The summed E-state index contributed by atoms with van der Waals surface area (Å²) in [6.45, 7) is 1.56. The molecule has 0 atom stereocenters. The molecule has 0 radical (unpaired) electrons. The fourth-order valence-corrected chi connectivity index (χ4v) is 0. The summed E-state index contributed by atoms with van der Waals surface area (Å²) in [5.74, 6) is 0. The molecule has 0 aromatic carbocycles. The van der Waals surface area contributed by atoms with E-state index in [0.29, 0.717) is 5.71 Å². The van der Waals surface area contributed by atoms with Gasteiger partial charge in [0, 0.05) is 11.9 Å². The largest absolute Gasteiger partial charge is 0.333 e. The van der Waals surface area contributed by atoms with Gasteiger partial charge in [0.2, 0.25) is 0 Å². The maximum Gasteiger partial charge on any atom is 0.0458 e. The van der Waals surface area contributed by atoms with Crippen LogP contribution in [-0.2, 0) is 0 Å². The lowest BCUT2D eigenvalue weighted by molar-refractivity contribution is 1.48. The molecule has 0 amide bonds. The van der Waals surface area contributed by atoms with Gasteiger partial charge in [-0.2, -0.15) is 0 Å². The Morgan fingerprint density at radius 2 is 1.71 bits per heavy atom. The van der Waals surface area contributed by atoms with Gasteiger partial charge in [0.15, 0.2) is 0 Å². The zero-order valence-electron chi connectivity index (χ0n) is 4.65. The highest BCUT2D eigenvalue weighted by molar-refractivity contribution is 6.26. The molecule has 42 valence electrons. The fraction of sp³-hybridized carbons (Fsp3) is 0.500.